The Labute approximate surface area is 148 Å². The van der Waals surface area contributed by atoms with Crippen molar-refractivity contribution in [1.82, 2.24) is 19.5 Å². The quantitative estimate of drug-likeness (QED) is 0.679. The van der Waals surface area contributed by atoms with Crippen molar-refractivity contribution in [2.45, 2.75) is 31.7 Å². The SMILES string of the molecule is O=C(O)Nc1ccc(-c2cn(C3CCCC3)c3ncnc(Cl)c23)cn1. The smallest absolute Gasteiger partial charge is 0.410 e. The van der Waals surface area contributed by atoms with Crippen LogP contribution in [0.3, 0.4) is 0 Å². The second-order valence-corrected chi connectivity index (χ2v) is 6.47. The predicted octanol–water partition coefficient (Wildman–Crippen LogP) is 4.35. The molecule has 0 aliphatic heterocycles. The van der Waals surface area contributed by atoms with E-state index in [4.69, 9.17) is 16.7 Å². The summed E-state index contributed by atoms with van der Waals surface area (Å²) < 4.78 is 2.19. The van der Waals surface area contributed by atoms with Gasteiger partial charge in [-0.1, -0.05) is 24.4 Å². The Morgan fingerprint density at radius 2 is 2.04 bits per heavy atom. The van der Waals surface area contributed by atoms with Crippen LogP contribution in [0.4, 0.5) is 10.6 Å². The number of fused-ring (bicyclic) bond motifs is 1. The molecule has 3 heterocycles. The lowest BCUT2D eigenvalue weighted by Gasteiger charge is -2.12. The number of rotatable bonds is 3. The van der Waals surface area contributed by atoms with Crippen molar-refractivity contribution in [2.75, 3.05) is 5.32 Å². The van der Waals surface area contributed by atoms with Crippen molar-refractivity contribution >= 4 is 34.5 Å². The fraction of sp³-hybridized carbons (Fsp3) is 0.294. The molecule has 1 amide bonds. The maximum atomic E-state index is 10.7. The number of amides is 1. The van der Waals surface area contributed by atoms with E-state index in [1.165, 1.54) is 19.2 Å². The first-order valence-electron chi connectivity index (χ1n) is 8.11. The van der Waals surface area contributed by atoms with Crippen LogP contribution in [0.1, 0.15) is 31.7 Å². The molecule has 8 heteroatoms. The topological polar surface area (TPSA) is 92.9 Å². The van der Waals surface area contributed by atoms with Gasteiger partial charge in [0.05, 0.1) is 5.39 Å². The zero-order valence-corrected chi connectivity index (χ0v) is 14.1. The van der Waals surface area contributed by atoms with E-state index in [-0.39, 0.29) is 5.82 Å². The van der Waals surface area contributed by atoms with Gasteiger partial charge in [-0.2, -0.15) is 0 Å². The molecule has 4 rings (SSSR count). The molecule has 2 N–H and O–H groups in total. The summed E-state index contributed by atoms with van der Waals surface area (Å²) >= 11 is 6.36. The molecule has 3 aromatic heterocycles. The Morgan fingerprint density at radius 3 is 2.72 bits per heavy atom. The summed E-state index contributed by atoms with van der Waals surface area (Å²) in [4.78, 5) is 23.4. The van der Waals surface area contributed by atoms with E-state index in [9.17, 15) is 4.79 Å². The molecule has 1 fully saturated rings. The van der Waals surface area contributed by atoms with Crippen LogP contribution in [0.5, 0.6) is 0 Å². The highest BCUT2D eigenvalue weighted by Gasteiger charge is 2.23. The monoisotopic (exact) mass is 357 g/mol. The number of nitrogens with zero attached hydrogens (tertiary/aromatic N) is 4. The first-order valence-corrected chi connectivity index (χ1v) is 8.48. The molecule has 0 spiro atoms. The Balaban J connectivity index is 1.82. The van der Waals surface area contributed by atoms with Crippen molar-refractivity contribution in [3.63, 3.8) is 0 Å². The lowest BCUT2D eigenvalue weighted by Crippen LogP contribution is -2.08. The van der Waals surface area contributed by atoms with Crippen LogP contribution < -0.4 is 5.32 Å². The molecule has 1 aliphatic carbocycles. The average molecular weight is 358 g/mol. The Hall–Kier alpha value is -2.67. The molecule has 0 unspecified atom stereocenters. The van der Waals surface area contributed by atoms with Gasteiger partial charge in [0.1, 0.15) is 22.9 Å². The van der Waals surface area contributed by atoms with Gasteiger partial charge in [0.25, 0.3) is 0 Å². The minimum atomic E-state index is -1.14. The number of pyridine rings is 1. The van der Waals surface area contributed by atoms with Gasteiger partial charge in [-0.25, -0.2) is 19.7 Å². The third-order valence-electron chi connectivity index (χ3n) is 4.59. The van der Waals surface area contributed by atoms with Crippen LogP contribution in [0.25, 0.3) is 22.2 Å². The zero-order chi connectivity index (χ0) is 17.4. The molecule has 0 aromatic carbocycles. The summed E-state index contributed by atoms with van der Waals surface area (Å²) in [5.74, 6) is 0.276. The van der Waals surface area contributed by atoms with Crippen molar-refractivity contribution < 1.29 is 9.90 Å². The fourth-order valence-electron chi connectivity index (χ4n) is 3.46. The van der Waals surface area contributed by atoms with E-state index < -0.39 is 6.09 Å². The van der Waals surface area contributed by atoms with E-state index in [0.717, 1.165) is 35.0 Å². The number of nitrogens with one attached hydrogen (secondary N) is 1. The van der Waals surface area contributed by atoms with Crippen LogP contribution >= 0.6 is 11.6 Å². The maximum Gasteiger partial charge on any atom is 0.410 e. The fourth-order valence-corrected chi connectivity index (χ4v) is 3.69. The Bertz CT molecular complexity index is 932. The van der Waals surface area contributed by atoms with Gasteiger partial charge in [0, 0.05) is 29.6 Å². The van der Waals surface area contributed by atoms with Crippen LogP contribution in [0.15, 0.2) is 30.9 Å². The van der Waals surface area contributed by atoms with E-state index in [1.54, 1.807) is 12.3 Å². The number of aromatic nitrogens is 4. The van der Waals surface area contributed by atoms with Crippen LogP contribution in [-0.2, 0) is 0 Å². The molecular formula is C17H16ClN5O2. The standard InChI is InChI=1S/C17H16ClN5O2/c18-15-14-12(10-5-6-13(19-7-10)22-17(24)25)8-23(11-3-1-2-4-11)16(14)21-9-20-15/h5-9,11H,1-4H2,(H,19,22)(H,24,25). The first-order chi connectivity index (χ1) is 12.1. The van der Waals surface area contributed by atoms with Crippen LogP contribution in [-0.4, -0.2) is 30.7 Å². The highest BCUT2D eigenvalue weighted by Crippen LogP contribution is 2.38. The molecule has 25 heavy (non-hydrogen) atoms. The molecule has 7 nitrogen and oxygen atoms in total. The van der Waals surface area contributed by atoms with E-state index in [1.807, 2.05) is 6.07 Å². The minimum Gasteiger partial charge on any atom is -0.465 e. The summed E-state index contributed by atoms with van der Waals surface area (Å²) in [7, 11) is 0. The van der Waals surface area contributed by atoms with Crippen molar-refractivity contribution in [3.8, 4) is 11.1 Å². The number of carboxylic acid groups (broad SMARTS) is 1. The van der Waals surface area contributed by atoms with Gasteiger partial charge in [-0.05, 0) is 25.0 Å². The normalized spacial score (nSPS) is 14.9. The first kappa shape index (κ1) is 15.8. The Kier molecular flexibility index (Phi) is 4.01. The maximum absolute atomic E-state index is 10.7. The molecule has 0 saturated heterocycles. The summed E-state index contributed by atoms with van der Waals surface area (Å²) in [5, 5.41) is 12.2. The predicted molar refractivity (Wildman–Crippen MR) is 94.9 cm³/mol. The molecule has 1 aliphatic rings. The average Bonchev–Trinajstić information content (AvgIpc) is 3.23. The number of anilines is 1. The summed E-state index contributed by atoms with van der Waals surface area (Å²) in [6, 6.07) is 3.86. The largest absolute Gasteiger partial charge is 0.465 e. The van der Waals surface area contributed by atoms with Crippen molar-refractivity contribution in [1.29, 1.82) is 0 Å². The summed E-state index contributed by atoms with van der Waals surface area (Å²) in [6.07, 6.45) is 8.72. The molecule has 0 bridgehead atoms. The number of hydrogen-bond donors (Lipinski definition) is 2. The number of hydrogen-bond acceptors (Lipinski definition) is 4. The lowest BCUT2D eigenvalue weighted by molar-refractivity contribution is 0.209. The zero-order valence-electron chi connectivity index (χ0n) is 13.3. The molecular weight excluding hydrogens is 342 g/mol. The minimum absolute atomic E-state index is 0.276. The van der Waals surface area contributed by atoms with Gasteiger partial charge in [-0.15, -0.1) is 0 Å². The second-order valence-electron chi connectivity index (χ2n) is 6.11. The van der Waals surface area contributed by atoms with E-state index >= 15 is 0 Å². The van der Waals surface area contributed by atoms with E-state index in [0.29, 0.717) is 11.2 Å². The van der Waals surface area contributed by atoms with Crippen molar-refractivity contribution in [3.05, 3.63) is 36.0 Å². The molecule has 1 saturated carbocycles. The van der Waals surface area contributed by atoms with Gasteiger partial charge in [0.2, 0.25) is 0 Å². The molecule has 0 radical (unpaired) electrons. The summed E-state index contributed by atoms with van der Waals surface area (Å²) in [5.41, 5.74) is 2.57. The highest BCUT2D eigenvalue weighted by molar-refractivity contribution is 6.35. The lowest BCUT2D eigenvalue weighted by atomic mass is 10.1. The van der Waals surface area contributed by atoms with Gasteiger partial charge >= 0.3 is 6.09 Å². The van der Waals surface area contributed by atoms with Crippen molar-refractivity contribution in [2.24, 2.45) is 0 Å². The van der Waals surface area contributed by atoms with Crippen LogP contribution in [0.2, 0.25) is 5.15 Å². The third kappa shape index (κ3) is 2.91. The Morgan fingerprint density at radius 1 is 1.24 bits per heavy atom. The molecule has 3 aromatic rings. The van der Waals surface area contributed by atoms with E-state index in [2.05, 4.69) is 31.0 Å². The highest BCUT2D eigenvalue weighted by atomic mass is 35.5. The van der Waals surface area contributed by atoms with Gasteiger partial charge in [-0.3, -0.25) is 5.32 Å². The molecule has 128 valence electrons. The van der Waals surface area contributed by atoms with Gasteiger partial charge in [0.15, 0.2) is 0 Å². The molecule has 0 atom stereocenters. The van der Waals surface area contributed by atoms with Gasteiger partial charge < -0.3 is 9.67 Å². The second kappa shape index (κ2) is 6.33. The summed E-state index contributed by atoms with van der Waals surface area (Å²) in [6.45, 7) is 0. The third-order valence-corrected chi connectivity index (χ3v) is 4.88. The number of halogens is 1. The number of carbonyl (C=O) groups is 1. The van der Waals surface area contributed by atoms with Crippen LogP contribution in [0, 0.1) is 0 Å².